The van der Waals surface area contributed by atoms with Crippen LogP contribution in [0.25, 0.3) is 0 Å². The molecule has 0 fully saturated rings. The molecule has 70 valence electrons. The van der Waals surface area contributed by atoms with Crippen LogP contribution in [0.1, 0.15) is 20.8 Å². The minimum Gasteiger partial charge on any atom is -0.444 e. The van der Waals surface area contributed by atoms with Gasteiger partial charge in [0.1, 0.15) is 5.60 Å². The third kappa shape index (κ3) is 7.05. The molecule has 0 aliphatic rings. The van der Waals surface area contributed by atoms with Crippen molar-refractivity contribution in [3.63, 3.8) is 0 Å². The first-order chi connectivity index (χ1) is 5.45. The lowest BCUT2D eigenvalue weighted by Crippen LogP contribution is -2.33. The average Bonchev–Trinajstić information content (AvgIpc) is 1.84. The lowest BCUT2D eigenvalue weighted by Gasteiger charge is -2.19. The van der Waals surface area contributed by atoms with Crippen molar-refractivity contribution < 1.29 is 9.53 Å². The van der Waals surface area contributed by atoms with Gasteiger partial charge in [-0.1, -0.05) is 0 Å². The Kier molecular flexibility index (Phi) is 4.33. The summed E-state index contributed by atoms with van der Waals surface area (Å²) in [6.45, 7) is 9.73. The van der Waals surface area contributed by atoms with E-state index in [0.29, 0.717) is 13.1 Å². The zero-order valence-corrected chi connectivity index (χ0v) is 7.89. The molecule has 0 aromatic carbocycles. The maximum Gasteiger partial charge on any atom is 0.407 e. The average molecular weight is 172 g/mol. The van der Waals surface area contributed by atoms with Gasteiger partial charge in [-0.3, -0.25) is 4.99 Å². The molecule has 0 spiro atoms. The van der Waals surface area contributed by atoms with Crippen LogP contribution in [0.5, 0.6) is 0 Å². The second-order valence-corrected chi connectivity index (χ2v) is 3.38. The first-order valence-corrected chi connectivity index (χ1v) is 3.85. The van der Waals surface area contributed by atoms with E-state index in [-0.39, 0.29) is 0 Å². The molecule has 0 aliphatic heterocycles. The molecular weight excluding hydrogens is 156 g/mol. The summed E-state index contributed by atoms with van der Waals surface area (Å²) in [5, 5.41) is 2.55. The highest BCUT2D eigenvalue weighted by molar-refractivity contribution is 5.67. The Balaban J connectivity index is 3.53. The Hall–Kier alpha value is -1.06. The Bertz CT molecular complexity index is 161. The molecule has 0 heterocycles. The molecule has 1 N–H and O–H groups in total. The molecule has 0 radical (unpaired) electrons. The minimum atomic E-state index is -0.439. The van der Waals surface area contributed by atoms with Gasteiger partial charge in [-0.05, 0) is 27.5 Å². The van der Waals surface area contributed by atoms with E-state index in [4.69, 9.17) is 4.74 Å². The SMILES string of the molecule is C=NCCNC(=O)OC(C)(C)C. The Morgan fingerprint density at radius 1 is 1.58 bits per heavy atom. The minimum absolute atomic E-state index is 0.411. The van der Waals surface area contributed by atoms with Crippen molar-refractivity contribution in [3.8, 4) is 0 Å². The number of amides is 1. The second-order valence-electron chi connectivity index (χ2n) is 3.38. The largest absolute Gasteiger partial charge is 0.444 e. The molecule has 0 bridgehead atoms. The van der Waals surface area contributed by atoms with E-state index in [1.165, 1.54) is 0 Å². The van der Waals surface area contributed by atoms with Gasteiger partial charge in [0, 0.05) is 6.54 Å². The number of rotatable bonds is 3. The molecule has 0 atom stereocenters. The number of carbonyl (C=O) groups is 1. The predicted octanol–water partition coefficient (Wildman–Crippen LogP) is 1.21. The van der Waals surface area contributed by atoms with Crippen molar-refractivity contribution in [2.24, 2.45) is 4.99 Å². The Labute approximate surface area is 73.0 Å². The highest BCUT2D eigenvalue weighted by Crippen LogP contribution is 2.05. The summed E-state index contributed by atoms with van der Waals surface area (Å²) in [4.78, 5) is 14.5. The maximum atomic E-state index is 10.9. The zero-order chi connectivity index (χ0) is 9.61. The van der Waals surface area contributed by atoms with Crippen molar-refractivity contribution in [1.29, 1.82) is 0 Å². The molecule has 0 aliphatic carbocycles. The monoisotopic (exact) mass is 172 g/mol. The van der Waals surface area contributed by atoms with Crippen LogP contribution >= 0.6 is 0 Å². The fourth-order valence-electron chi connectivity index (χ4n) is 0.551. The van der Waals surface area contributed by atoms with Gasteiger partial charge in [-0.2, -0.15) is 0 Å². The van der Waals surface area contributed by atoms with Crippen LogP contribution in [-0.4, -0.2) is 31.5 Å². The van der Waals surface area contributed by atoms with E-state index in [9.17, 15) is 4.79 Å². The summed E-state index contributed by atoms with van der Waals surface area (Å²) in [6.07, 6.45) is -0.411. The highest BCUT2D eigenvalue weighted by Gasteiger charge is 2.14. The molecule has 12 heavy (non-hydrogen) atoms. The molecule has 0 rings (SSSR count). The smallest absolute Gasteiger partial charge is 0.407 e. The first-order valence-electron chi connectivity index (χ1n) is 3.85. The van der Waals surface area contributed by atoms with Gasteiger partial charge < -0.3 is 10.1 Å². The van der Waals surface area contributed by atoms with E-state index in [1.807, 2.05) is 20.8 Å². The van der Waals surface area contributed by atoms with Gasteiger partial charge in [-0.15, -0.1) is 0 Å². The molecule has 1 amide bonds. The molecular formula is C8H16N2O2. The molecule has 0 unspecified atom stereocenters. The number of aliphatic imine (C=N–C) groups is 1. The number of carbonyl (C=O) groups excluding carboxylic acids is 1. The summed E-state index contributed by atoms with van der Waals surface area (Å²) < 4.78 is 4.97. The quantitative estimate of drug-likeness (QED) is 0.514. The van der Waals surface area contributed by atoms with Crippen LogP contribution in [0.2, 0.25) is 0 Å². The van der Waals surface area contributed by atoms with E-state index in [2.05, 4.69) is 17.0 Å². The third-order valence-electron chi connectivity index (χ3n) is 0.938. The number of nitrogens with zero attached hydrogens (tertiary/aromatic N) is 1. The van der Waals surface area contributed by atoms with Crippen molar-refractivity contribution in [1.82, 2.24) is 5.32 Å². The first kappa shape index (κ1) is 10.9. The number of ether oxygens (including phenoxy) is 1. The van der Waals surface area contributed by atoms with Gasteiger partial charge >= 0.3 is 6.09 Å². The van der Waals surface area contributed by atoms with Crippen LogP contribution in [0, 0.1) is 0 Å². The van der Waals surface area contributed by atoms with E-state index >= 15 is 0 Å². The number of hydrogen-bond donors (Lipinski definition) is 1. The van der Waals surface area contributed by atoms with Crippen LogP contribution in [0.15, 0.2) is 4.99 Å². The highest BCUT2D eigenvalue weighted by atomic mass is 16.6. The summed E-state index contributed by atoms with van der Waals surface area (Å²) in [5.74, 6) is 0. The summed E-state index contributed by atoms with van der Waals surface area (Å²) >= 11 is 0. The molecule has 0 saturated heterocycles. The topological polar surface area (TPSA) is 50.7 Å². The molecule has 4 nitrogen and oxygen atoms in total. The van der Waals surface area contributed by atoms with E-state index in [1.54, 1.807) is 0 Å². The Morgan fingerprint density at radius 3 is 2.58 bits per heavy atom. The number of alkyl carbamates (subject to hydrolysis) is 1. The van der Waals surface area contributed by atoms with Crippen molar-refractivity contribution in [3.05, 3.63) is 0 Å². The van der Waals surface area contributed by atoms with Gasteiger partial charge in [0.25, 0.3) is 0 Å². The summed E-state index contributed by atoms with van der Waals surface area (Å²) in [7, 11) is 0. The molecule has 0 saturated carbocycles. The number of nitrogens with one attached hydrogen (secondary N) is 1. The van der Waals surface area contributed by atoms with Gasteiger partial charge in [0.2, 0.25) is 0 Å². The van der Waals surface area contributed by atoms with Crippen LogP contribution in [-0.2, 0) is 4.74 Å². The molecule has 0 aromatic rings. The fraction of sp³-hybridized carbons (Fsp3) is 0.750. The van der Waals surface area contributed by atoms with Gasteiger partial charge in [0.15, 0.2) is 0 Å². The van der Waals surface area contributed by atoms with Crippen molar-refractivity contribution >= 4 is 12.8 Å². The lowest BCUT2D eigenvalue weighted by molar-refractivity contribution is 0.0529. The van der Waals surface area contributed by atoms with Crippen LogP contribution in [0.3, 0.4) is 0 Å². The van der Waals surface area contributed by atoms with Gasteiger partial charge in [0.05, 0.1) is 6.54 Å². The zero-order valence-electron chi connectivity index (χ0n) is 7.89. The van der Waals surface area contributed by atoms with E-state index < -0.39 is 11.7 Å². The standard InChI is InChI=1S/C8H16N2O2/c1-8(2,3)12-7(11)10-6-5-9-4/h4-6H2,1-3H3,(H,10,11). The van der Waals surface area contributed by atoms with Gasteiger partial charge in [-0.25, -0.2) is 4.79 Å². The Morgan fingerprint density at radius 2 is 2.17 bits per heavy atom. The van der Waals surface area contributed by atoms with Crippen LogP contribution < -0.4 is 5.32 Å². The summed E-state index contributed by atoms with van der Waals surface area (Å²) in [6, 6.07) is 0. The fourth-order valence-corrected chi connectivity index (χ4v) is 0.551. The maximum absolute atomic E-state index is 10.9. The number of hydrogen-bond acceptors (Lipinski definition) is 3. The van der Waals surface area contributed by atoms with Crippen LogP contribution in [0.4, 0.5) is 4.79 Å². The molecule has 4 heteroatoms. The van der Waals surface area contributed by atoms with Crippen molar-refractivity contribution in [2.75, 3.05) is 13.1 Å². The normalized spacial score (nSPS) is 10.6. The van der Waals surface area contributed by atoms with E-state index in [0.717, 1.165) is 0 Å². The second kappa shape index (κ2) is 4.74. The lowest BCUT2D eigenvalue weighted by atomic mass is 10.2. The predicted molar refractivity (Wildman–Crippen MR) is 48.7 cm³/mol. The molecule has 0 aromatic heterocycles. The summed E-state index contributed by atoms with van der Waals surface area (Å²) in [5.41, 5.74) is -0.439. The third-order valence-corrected chi connectivity index (χ3v) is 0.938. The van der Waals surface area contributed by atoms with Crippen molar-refractivity contribution in [2.45, 2.75) is 26.4 Å².